The van der Waals surface area contributed by atoms with E-state index in [2.05, 4.69) is 239 Å². The quantitative estimate of drug-likeness (QED) is 0.0300. The lowest BCUT2D eigenvalue weighted by molar-refractivity contribution is -0.115. The summed E-state index contributed by atoms with van der Waals surface area (Å²) in [6.45, 7) is 17.1. The molecule has 0 radical (unpaired) electrons. The van der Waals surface area contributed by atoms with Crippen LogP contribution in [0.15, 0.2) is 252 Å². The van der Waals surface area contributed by atoms with Gasteiger partial charge in [0, 0.05) is 178 Å². The number of anilines is 4. The monoisotopic (exact) mass is 1920 g/mol. The minimum Gasteiger partial charge on any atom is -0.397 e. The van der Waals surface area contributed by atoms with Gasteiger partial charge in [-0.3, -0.25) is 65.1 Å². The number of amides is 1. The van der Waals surface area contributed by atoms with Gasteiger partial charge < -0.3 is 70.4 Å². The number of carbonyl (C=O) groups excluding carboxylic acids is 1. The highest BCUT2D eigenvalue weighted by Gasteiger charge is 2.27. The lowest BCUT2D eigenvalue weighted by Gasteiger charge is -2.33. The summed E-state index contributed by atoms with van der Waals surface area (Å²) in [6, 6.07) is 43.5. The molecule has 3 fully saturated rings. The first-order chi connectivity index (χ1) is 71.2. The lowest BCUT2D eigenvalue weighted by Crippen LogP contribution is -2.44. The third kappa shape index (κ3) is 19.3. The SMILES string of the molecule is CCC(=O)Nc1cncc(-c2ccc3[nH]nc(-c4nc5c(N6CCN(C)CC6)cncc5[nH]4)c3c2)c1.CN1CCN(c2cncc3[nH]c(-c4n[nH]c5ccc(-c6cncc(N)c6)cc45)nc23)CC1.Cc1cn(-c2cncc3[nH]c(-c4n[nH]c5ccc(-c6cncc(CNCC7CCCC7)c6)cc45)nc23)cn1.Cc1cn(-c2cncc3[nH]c(-c4n[nH]c5ccc(-c6cncc(CNCc7ccccc7)c6)cc45)nc23)cn1. The molecule has 20 heterocycles. The van der Waals surface area contributed by atoms with Crippen LogP contribution >= 0.6 is 0 Å². The molecule has 2 saturated heterocycles. The van der Waals surface area contributed by atoms with Crippen molar-refractivity contribution in [2.24, 2.45) is 5.92 Å². The van der Waals surface area contributed by atoms with Crippen LogP contribution in [0.5, 0.6) is 0 Å². The Balaban J connectivity index is 0.000000107. The number of aromatic nitrogens is 28. The molecule has 1 amide bonds. The summed E-state index contributed by atoms with van der Waals surface area (Å²) < 4.78 is 3.88. The van der Waals surface area contributed by atoms with Gasteiger partial charge in [0.15, 0.2) is 23.3 Å². The Morgan fingerprint density at radius 2 is 0.738 bits per heavy atom. The van der Waals surface area contributed by atoms with Gasteiger partial charge >= 0.3 is 0 Å². The van der Waals surface area contributed by atoms with Gasteiger partial charge in [-0.25, -0.2) is 29.9 Å². The number of pyridine rings is 8. The maximum atomic E-state index is 11.8. The third-order valence-corrected chi connectivity index (χ3v) is 27.1. The van der Waals surface area contributed by atoms with Crippen molar-refractivity contribution in [3.8, 4) is 102 Å². The average Bonchev–Trinajstić information content (AvgIpc) is 1.63. The molecule has 2 aliphatic heterocycles. The summed E-state index contributed by atoms with van der Waals surface area (Å²) in [4.78, 5) is 98.6. The van der Waals surface area contributed by atoms with Gasteiger partial charge in [-0.05, 0) is 165 Å². The van der Waals surface area contributed by atoms with E-state index in [1.54, 1.807) is 56.0 Å². The number of hydrogen-bond donors (Lipinski definition) is 12. The van der Waals surface area contributed by atoms with Crippen LogP contribution in [0.3, 0.4) is 0 Å². The second kappa shape index (κ2) is 40.1. The molecule has 722 valence electrons. The van der Waals surface area contributed by atoms with E-state index in [1.807, 2.05) is 147 Å². The standard InChI is InChI=1S/C30H25N9.C29H29N9.C26H27N9O.C23H23N9/c1-19-17-39(18-34-19)27-16-33-15-26-29(27)36-30(35-26)28-24-10-22(7-8-25(24)37-38-28)23-9-21(13-32-14-23)12-31-11-20-5-3-2-4-6-20;1-18-16-38(17-33-18)26-15-32-14-25-28(26)35-29(34-25)27-23-9-21(6-7-24(23)36-37-27)22-8-20(12-31-13-22)11-30-10-19-4-2-3-5-19;1-3-23(36)29-18-10-17(12-27-13-18)16-4-5-20-19(11-16)24(33-32-20)26-30-21-14-28-15-22(25(21)31-26)35-8-6-34(2)7-9-35;1-31-4-6-32(7-5-31)20-13-26-12-19-22(20)28-23(27-19)21-17-9-14(2-3-18(17)29-30-21)15-8-16(24)11-25-10-15/h2-10,13-18,31H,11-12H2,1H3,(H,35,36)(H,37,38);6-9,12-17,19,30H,2-5,10-11H2,1H3,(H,34,35)(H,36,37);4-5,10-15H,3,6-9H2,1-2H3,(H,29,36)(H,30,31)(H,32,33);2-3,8-13H,4-7,24H2,1H3,(H,27,28)(H,29,30). The largest absolute Gasteiger partial charge is 0.397 e. The molecule has 0 bridgehead atoms. The Morgan fingerprint density at radius 1 is 0.372 bits per heavy atom. The Kier molecular flexibility index (Phi) is 25.1. The van der Waals surface area contributed by atoms with Gasteiger partial charge in [0.1, 0.15) is 44.8 Å². The molecule has 26 rings (SSSR count). The number of nitrogens with one attached hydrogen (secondary N) is 11. The maximum Gasteiger partial charge on any atom is 0.224 e. The molecule has 5 aromatic carbocycles. The number of aryl methyl sites for hydroxylation is 2. The predicted octanol–water partition coefficient (Wildman–Crippen LogP) is 17.2. The van der Waals surface area contributed by atoms with Crippen molar-refractivity contribution in [1.82, 2.24) is 160 Å². The first-order valence-corrected chi connectivity index (χ1v) is 48.6. The zero-order valence-electron chi connectivity index (χ0n) is 80.5. The molecule has 18 aromatic heterocycles. The normalized spacial score (nSPS) is 13.8. The van der Waals surface area contributed by atoms with Crippen LogP contribution < -0.4 is 31.5 Å². The summed E-state index contributed by atoms with van der Waals surface area (Å²) in [5.41, 5.74) is 38.4. The molecule has 3 aliphatic rings. The van der Waals surface area contributed by atoms with Crippen molar-refractivity contribution in [1.29, 1.82) is 0 Å². The van der Waals surface area contributed by atoms with Crippen LogP contribution in [-0.2, 0) is 24.4 Å². The molecule has 1 saturated carbocycles. The molecule has 23 aromatic rings. The topological polar surface area (TPSA) is 460 Å². The van der Waals surface area contributed by atoms with Crippen LogP contribution in [0, 0.1) is 19.8 Å². The highest BCUT2D eigenvalue weighted by atomic mass is 16.1. The Morgan fingerprint density at radius 3 is 1.14 bits per heavy atom. The average molecular weight is 1920 g/mol. The number of H-pyrrole nitrogens is 8. The molecule has 1 aliphatic carbocycles. The minimum atomic E-state index is -0.0446. The molecule has 37 heteroatoms. The second-order valence-corrected chi connectivity index (χ2v) is 37.2. The van der Waals surface area contributed by atoms with E-state index in [9.17, 15) is 4.79 Å². The van der Waals surface area contributed by atoms with E-state index in [0.29, 0.717) is 35.3 Å². The number of hydrogen-bond acceptors (Lipinski definition) is 26. The second-order valence-electron chi connectivity index (χ2n) is 37.2. The fourth-order valence-corrected chi connectivity index (χ4v) is 19.3. The number of rotatable bonds is 22. The summed E-state index contributed by atoms with van der Waals surface area (Å²) in [7, 11) is 4.30. The summed E-state index contributed by atoms with van der Waals surface area (Å²) in [5, 5.41) is 44.8. The van der Waals surface area contributed by atoms with E-state index in [1.165, 1.54) is 36.8 Å². The summed E-state index contributed by atoms with van der Waals surface area (Å²) in [5.74, 6) is 3.56. The number of benzene rings is 5. The minimum absolute atomic E-state index is 0.0446. The summed E-state index contributed by atoms with van der Waals surface area (Å²) >= 11 is 0. The zero-order valence-corrected chi connectivity index (χ0v) is 80.5. The van der Waals surface area contributed by atoms with E-state index in [0.717, 1.165) is 285 Å². The smallest absolute Gasteiger partial charge is 0.224 e. The van der Waals surface area contributed by atoms with Crippen LogP contribution in [0.4, 0.5) is 22.7 Å². The van der Waals surface area contributed by atoms with Crippen LogP contribution in [0.2, 0.25) is 0 Å². The Hall–Kier alpha value is -17.8. The molecule has 145 heavy (non-hydrogen) atoms. The number of fused-ring (bicyclic) bond motifs is 8. The predicted molar refractivity (Wildman–Crippen MR) is 566 cm³/mol. The molecular formula is C108H104N36O. The number of imidazole rings is 6. The molecule has 13 N–H and O–H groups in total. The molecule has 0 unspecified atom stereocenters. The number of aromatic amines is 8. The Bertz CT molecular complexity index is 8620. The number of nitrogen functional groups attached to an aromatic ring is 1. The summed E-state index contributed by atoms with van der Waals surface area (Å²) in [6.07, 6.45) is 42.5. The van der Waals surface area contributed by atoms with Gasteiger partial charge in [0.2, 0.25) is 5.91 Å². The van der Waals surface area contributed by atoms with Crippen molar-refractivity contribution in [2.45, 2.75) is 72.5 Å². The highest BCUT2D eigenvalue weighted by Crippen LogP contribution is 2.40. The number of nitrogens with zero attached hydrogens (tertiary/aromatic N) is 24. The van der Waals surface area contributed by atoms with Gasteiger partial charge in [-0.15, -0.1) is 0 Å². The van der Waals surface area contributed by atoms with Crippen molar-refractivity contribution >= 4 is 116 Å². The molecule has 0 atom stereocenters. The first kappa shape index (κ1) is 91.0. The molecule has 0 spiro atoms. The van der Waals surface area contributed by atoms with Crippen molar-refractivity contribution in [3.05, 3.63) is 280 Å². The maximum absolute atomic E-state index is 11.8. The number of piperazine rings is 2. The van der Waals surface area contributed by atoms with Crippen molar-refractivity contribution < 1.29 is 4.79 Å². The van der Waals surface area contributed by atoms with Crippen molar-refractivity contribution in [2.75, 3.05) is 93.8 Å². The first-order valence-electron chi connectivity index (χ1n) is 48.6. The molecule has 37 nitrogen and oxygen atoms in total. The Labute approximate surface area is 830 Å². The number of carbonyl (C=O) groups is 1. The van der Waals surface area contributed by atoms with E-state index >= 15 is 0 Å². The van der Waals surface area contributed by atoms with E-state index < -0.39 is 0 Å². The van der Waals surface area contributed by atoms with Gasteiger partial charge in [0.25, 0.3) is 0 Å². The lowest BCUT2D eigenvalue weighted by atomic mass is 10.0. The third-order valence-electron chi connectivity index (χ3n) is 27.1. The van der Waals surface area contributed by atoms with Crippen LogP contribution in [0.25, 0.3) is 190 Å². The van der Waals surface area contributed by atoms with E-state index in [4.69, 9.17) is 25.7 Å². The van der Waals surface area contributed by atoms with Gasteiger partial charge in [-0.2, -0.15) is 20.4 Å². The number of likely N-dealkylation sites (N-methyl/N-ethyl adjacent to an activating group) is 2. The fourth-order valence-electron chi connectivity index (χ4n) is 19.3. The zero-order chi connectivity index (χ0) is 98.0. The van der Waals surface area contributed by atoms with Crippen molar-refractivity contribution in [3.63, 3.8) is 0 Å². The van der Waals surface area contributed by atoms with Crippen LogP contribution in [0.1, 0.15) is 67.1 Å². The van der Waals surface area contributed by atoms with Crippen LogP contribution in [-0.4, -0.2) is 228 Å². The van der Waals surface area contributed by atoms with E-state index in [-0.39, 0.29) is 5.91 Å². The van der Waals surface area contributed by atoms with Gasteiger partial charge in [0.05, 0.1) is 158 Å². The molecular weight excluding hydrogens is 1820 g/mol. The van der Waals surface area contributed by atoms with Gasteiger partial charge in [-0.1, -0.05) is 74.4 Å². The number of nitrogens with two attached hydrogens (primary N) is 1. The highest BCUT2D eigenvalue weighted by molar-refractivity contribution is 6.02. The fraction of sp³-hybridized carbons (Fsp3) is 0.213.